The van der Waals surface area contributed by atoms with E-state index in [9.17, 15) is 117 Å². The van der Waals surface area contributed by atoms with Gasteiger partial charge in [0.15, 0.2) is 50.1 Å². The maximum Gasteiger partial charge on any atom is 0.315 e. The van der Waals surface area contributed by atoms with Crippen molar-refractivity contribution in [2.45, 2.75) is 353 Å². The van der Waals surface area contributed by atoms with Crippen LogP contribution in [0.15, 0.2) is 11.6 Å². The molecule has 46 unspecified atom stereocenters. The summed E-state index contributed by atoms with van der Waals surface area (Å²) in [5, 5.41) is 253. The number of allylic oxidation sites excluding steroid dienone is 2. The lowest BCUT2D eigenvalue weighted by Gasteiger charge is -2.71. The topological polar surface area (TPSA) is 630 Å². The van der Waals surface area contributed by atoms with Crippen molar-refractivity contribution >= 4 is 5.97 Å². The number of hydrogen-bond donors (Lipinski definition) is 23. The summed E-state index contributed by atoms with van der Waals surface area (Å²) in [5.41, 5.74) is -3.66. The summed E-state index contributed by atoms with van der Waals surface area (Å²) >= 11 is 0. The monoisotopic (exact) mass is 1660 g/mol. The quantitative estimate of drug-likeness (QED) is 0.0288. The Kier molecular flexibility index (Phi) is 27.3. The minimum absolute atomic E-state index is 0.0322. The van der Waals surface area contributed by atoms with Crippen molar-refractivity contribution in [1.82, 2.24) is 0 Å². The van der Waals surface area contributed by atoms with Gasteiger partial charge in [-0.15, -0.1) is 0 Å². The molecule has 5 aliphatic carbocycles. The average molecular weight is 1660 g/mol. The first kappa shape index (κ1) is 90.4. The highest BCUT2D eigenvalue weighted by Gasteiger charge is 2.72. The van der Waals surface area contributed by atoms with Gasteiger partial charge in [-0.05, 0) is 110 Å². The van der Waals surface area contributed by atoms with E-state index in [1.54, 1.807) is 0 Å². The van der Waals surface area contributed by atoms with Crippen LogP contribution in [0, 0.1) is 50.2 Å². The van der Waals surface area contributed by atoms with Crippen LogP contribution >= 0.6 is 0 Å². The lowest BCUT2D eigenvalue weighted by molar-refractivity contribution is -0.390. The van der Waals surface area contributed by atoms with Gasteiger partial charge in [-0.3, -0.25) is 4.79 Å². The number of rotatable bonds is 21. The van der Waals surface area contributed by atoms with Crippen molar-refractivity contribution < 1.29 is 198 Å². The van der Waals surface area contributed by atoms with Crippen LogP contribution in [0.5, 0.6) is 0 Å². The predicted molar refractivity (Wildman–Crippen MR) is 375 cm³/mol. The van der Waals surface area contributed by atoms with Crippen molar-refractivity contribution in [3.05, 3.63) is 11.6 Å². The Morgan fingerprint density at radius 2 is 0.870 bits per heavy atom. The highest BCUT2D eigenvalue weighted by Crippen LogP contribution is 2.76. The fourth-order valence-electron chi connectivity index (χ4n) is 21.5. The summed E-state index contributed by atoms with van der Waals surface area (Å²) in [6, 6.07) is 0. The second kappa shape index (κ2) is 34.7. The molecular weight excluding hydrogens is 1540 g/mol. The van der Waals surface area contributed by atoms with Crippen molar-refractivity contribution in [1.29, 1.82) is 0 Å². The molecule has 40 heteroatoms. The van der Waals surface area contributed by atoms with E-state index < -0.39 is 330 Å². The summed E-state index contributed by atoms with van der Waals surface area (Å²) in [7, 11) is 0. The molecule has 662 valence electrons. The van der Waals surface area contributed by atoms with Crippen LogP contribution in [0.2, 0.25) is 0 Å². The van der Waals surface area contributed by atoms with Crippen LogP contribution in [-0.4, -0.2) is 409 Å². The number of aliphatic hydroxyl groups is 23. The third kappa shape index (κ3) is 16.0. The molecule has 8 heterocycles. The molecule has 115 heavy (non-hydrogen) atoms. The molecular formula is C75H122O40. The van der Waals surface area contributed by atoms with E-state index in [4.69, 9.17) is 75.8 Å². The zero-order valence-electron chi connectivity index (χ0n) is 65.4. The second-order valence-corrected chi connectivity index (χ2v) is 36.2. The molecule has 8 aliphatic heterocycles. The first-order chi connectivity index (χ1) is 54.1. The van der Waals surface area contributed by atoms with Gasteiger partial charge in [-0.1, -0.05) is 60.1 Å². The Morgan fingerprint density at radius 1 is 0.417 bits per heavy atom. The van der Waals surface area contributed by atoms with Gasteiger partial charge in [0.05, 0.1) is 70.0 Å². The number of esters is 1. The summed E-state index contributed by atoms with van der Waals surface area (Å²) in [4.78, 5) is 16.0. The molecule has 40 nitrogen and oxygen atoms in total. The van der Waals surface area contributed by atoms with Crippen LogP contribution in [0.25, 0.3) is 0 Å². The van der Waals surface area contributed by atoms with Crippen LogP contribution < -0.4 is 0 Å². The fourth-order valence-corrected chi connectivity index (χ4v) is 21.5. The molecule has 0 aromatic carbocycles. The maximum atomic E-state index is 16.0. The smallest absolute Gasteiger partial charge is 0.315 e. The number of carbonyl (C=O) groups excluding carboxylic acids is 1. The molecule has 12 fully saturated rings. The number of aliphatic hydroxyl groups excluding tert-OH is 23. The number of hydrogen-bond acceptors (Lipinski definition) is 40. The first-order valence-electron chi connectivity index (χ1n) is 40.1. The van der Waals surface area contributed by atoms with Crippen molar-refractivity contribution in [2.24, 2.45) is 50.2 Å². The highest BCUT2D eigenvalue weighted by molar-refractivity contribution is 5.79. The van der Waals surface area contributed by atoms with Crippen molar-refractivity contribution in [3.8, 4) is 0 Å². The second-order valence-electron chi connectivity index (χ2n) is 36.2. The van der Waals surface area contributed by atoms with Crippen LogP contribution in [-0.2, 0) is 80.6 Å². The lowest BCUT2D eigenvalue weighted by atomic mass is 9.33. The fraction of sp³-hybridized carbons (Fsp3) is 0.960. The lowest BCUT2D eigenvalue weighted by Crippen LogP contribution is -2.68. The van der Waals surface area contributed by atoms with E-state index in [2.05, 4.69) is 40.7 Å². The maximum absolute atomic E-state index is 16.0. The van der Waals surface area contributed by atoms with E-state index >= 15 is 4.79 Å². The molecule has 0 spiro atoms. The highest BCUT2D eigenvalue weighted by atomic mass is 16.8. The predicted octanol–water partition coefficient (Wildman–Crippen LogP) is -8.82. The number of fused-ring (bicyclic) bond motifs is 7. The average Bonchev–Trinajstić information content (AvgIpc) is 0.713. The van der Waals surface area contributed by atoms with Crippen molar-refractivity contribution in [2.75, 3.05) is 46.2 Å². The molecule has 4 saturated carbocycles. The normalized spacial score (nSPS) is 54.5. The largest absolute Gasteiger partial charge is 0.432 e. The van der Waals surface area contributed by atoms with Gasteiger partial charge in [0, 0.05) is 0 Å². The minimum Gasteiger partial charge on any atom is -0.432 e. The zero-order valence-corrected chi connectivity index (χ0v) is 65.4. The van der Waals surface area contributed by atoms with Gasteiger partial charge >= 0.3 is 5.97 Å². The Balaban J connectivity index is 0.749. The molecule has 46 atom stereocenters. The van der Waals surface area contributed by atoms with Crippen LogP contribution in [0.4, 0.5) is 0 Å². The molecule has 0 bridgehead atoms. The van der Waals surface area contributed by atoms with E-state index in [1.165, 1.54) is 6.92 Å². The molecule has 0 amide bonds. The summed E-state index contributed by atoms with van der Waals surface area (Å²) in [6.07, 6.45) is -61.8. The summed E-state index contributed by atoms with van der Waals surface area (Å²) < 4.78 is 97.0. The van der Waals surface area contributed by atoms with Gasteiger partial charge in [-0.2, -0.15) is 0 Å². The van der Waals surface area contributed by atoms with E-state index in [0.29, 0.717) is 38.5 Å². The third-order valence-electron chi connectivity index (χ3n) is 28.9. The molecule has 23 N–H and O–H groups in total. The van der Waals surface area contributed by atoms with E-state index in [-0.39, 0.29) is 31.1 Å². The van der Waals surface area contributed by atoms with Crippen LogP contribution in [0.1, 0.15) is 113 Å². The van der Waals surface area contributed by atoms with E-state index in [1.807, 2.05) is 13.8 Å². The van der Waals surface area contributed by atoms with Gasteiger partial charge in [0.1, 0.15) is 165 Å². The van der Waals surface area contributed by atoms with Gasteiger partial charge < -0.3 is 193 Å². The van der Waals surface area contributed by atoms with Crippen molar-refractivity contribution in [3.63, 3.8) is 0 Å². The number of ether oxygens (including phenoxy) is 16. The number of carbonyl (C=O) groups is 1. The molecule has 0 aromatic heterocycles. The third-order valence-corrected chi connectivity index (χ3v) is 28.9. The Morgan fingerprint density at radius 3 is 1.44 bits per heavy atom. The summed E-state index contributed by atoms with van der Waals surface area (Å²) in [5.74, 6) is -1.64. The summed E-state index contributed by atoms with van der Waals surface area (Å²) in [6.45, 7) is 11.1. The SMILES string of the molecule is CC1OC(OC2C(OC(=O)C34CCC5(C)C(=CCC6C7(C)CCC(OC8OC(COC9OCC(O)C(O)C9OC9OCC(O)C(O)C9O)C(O)C(O)C8OC8OC(CO)C(O)C(O)C8O)C(C)(C)C7CCC65C)C3CC(C)(C)C(O)C4)OC(CO)C(O)C2O)C(O)C(OC2OC(CO)C(O)C(O)C2O)C1OC1OC(CO)C(O)C1O. The minimum atomic E-state index is -2.16. The standard InChI is InChI=1S/C75H122O40/c1-26-56(110-62-52(95)45(88)34(22-79)106-62)57(111-63-53(96)47(90)42(85)31(19-76)104-63)55(98)65(103-26)114-60-49(92)44(87)33(21-78)107-68(60)115-69(99)75-16-15-73(7)27(28(75)17-70(2,3)38(82)18-75)9-10-37-72(6)13-12-39(71(4,5)36(72)11-14-74(37,73)8)109-67-59(113-64-54(97)48(91)43(86)32(20-77)105-64)50(93)46(89)35(108-67)25-102-66-58(41(84)30(81)24-101-66)112-61-51(94)40(83)29(80)23-100-61/h9,26,28-68,76-98H,10-25H2,1-8H3. The van der Waals surface area contributed by atoms with Gasteiger partial charge in [0.25, 0.3) is 0 Å². The molecule has 0 aromatic rings. The van der Waals surface area contributed by atoms with Gasteiger partial charge in [-0.25, -0.2) is 0 Å². The zero-order chi connectivity index (χ0) is 83.7. The molecule has 13 aliphatic rings. The molecule has 13 rings (SSSR count). The molecule has 0 radical (unpaired) electrons. The first-order valence-corrected chi connectivity index (χ1v) is 40.1. The van der Waals surface area contributed by atoms with Gasteiger partial charge in [0.2, 0.25) is 6.29 Å². The Hall–Kier alpha value is -2.31. The van der Waals surface area contributed by atoms with E-state index in [0.717, 1.165) is 5.57 Å². The Labute approximate surface area is 662 Å². The molecule has 8 saturated heterocycles. The van der Waals surface area contributed by atoms with Crippen LogP contribution in [0.3, 0.4) is 0 Å². The Bertz CT molecular complexity index is 3290.